The van der Waals surface area contributed by atoms with E-state index in [4.69, 9.17) is 14.2 Å². The third kappa shape index (κ3) is 7.67. The summed E-state index contributed by atoms with van der Waals surface area (Å²) in [5.41, 5.74) is 0.865. The molecule has 12 heteroatoms. The summed E-state index contributed by atoms with van der Waals surface area (Å²) < 4.78 is 43.0. The molecule has 2 aromatic carbocycles. The number of carbonyl (C=O) groups excluding carboxylic acids is 3. The van der Waals surface area contributed by atoms with Crippen LogP contribution in [-0.2, 0) is 33.9 Å². The van der Waals surface area contributed by atoms with E-state index in [9.17, 15) is 22.8 Å². The summed E-state index contributed by atoms with van der Waals surface area (Å²) in [7, 11) is -2.43. The van der Waals surface area contributed by atoms with Gasteiger partial charge in [-0.15, -0.1) is 0 Å². The Balaban J connectivity index is 1.50. The van der Waals surface area contributed by atoms with Crippen LogP contribution in [0.15, 0.2) is 53.4 Å². The zero-order valence-corrected chi connectivity index (χ0v) is 22.0. The molecule has 0 radical (unpaired) electrons. The number of morpholine rings is 1. The van der Waals surface area contributed by atoms with Crippen LogP contribution in [0.4, 0.5) is 11.4 Å². The number of amides is 2. The van der Waals surface area contributed by atoms with Gasteiger partial charge in [0.05, 0.1) is 22.8 Å². The van der Waals surface area contributed by atoms with Crippen LogP contribution in [0.25, 0.3) is 0 Å². The molecule has 2 amide bonds. The van der Waals surface area contributed by atoms with Crippen molar-refractivity contribution in [1.29, 1.82) is 0 Å². The Morgan fingerprint density at radius 2 is 1.59 bits per heavy atom. The van der Waals surface area contributed by atoms with Crippen LogP contribution in [0.3, 0.4) is 0 Å². The maximum atomic E-state index is 13.0. The maximum Gasteiger partial charge on any atom is 0.344 e. The summed E-state index contributed by atoms with van der Waals surface area (Å²) >= 11 is 0. The van der Waals surface area contributed by atoms with Crippen LogP contribution in [0, 0.1) is 0 Å². The van der Waals surface area contributed by atoms with Gasteiger partial charge in [-0.05, 0) is 62.4 Å². The fourth-order valence-electron chi connectivity index (χ4n) is 3.76. The second-order valence-electron chi connectivity index (χ2n) is 8.68. The Morgan fingerprint density at radius 1 is 1.00 bits per heavy atom. The van der Waals surface area contributed by atoms with Gasteiger partial charge in [0.25, 0.3) is 15.9 Å². The normalized spacial score (nSPS) is 17.6. The molecule has 1 heterocycles. The molecule has 0 unspecified atom stereocenters. The lowest BCUT2D eigenvalue weighted by Crippen LogP contribution is -2.49. The molecule has 0 saturated carbocycles. The van der Waals surface area contributed by atoms with E-state index in [2.05, 4.69) is 5.32 Å². The smallest absolute Gasteiger partial charge is 0.344 e. The highest BCUT2D eigenvalue weighted by Crippen LogP contribution is 2.25. The van der Waals surface area contributed by atoms with Crippen LogP contribution in [0.2, 0.25) is 0 Å². The maximum absolute atomic E-state index is 13.0. The highest BCUT2D eigenvalue weighted by atomic mass is 32.2. The highest BCUT2D eigenvalue weighted by Gasteiger charge is 2.26. The summed E-state index contributed by atoms with van der Waals surface area (Å²) in [6.07, 6.45) is -0.168. The van der Waals surface area contributed by atoms with Crippen molar-refractivity contribution >= 4 is 39.2 Å². The van der Waals surface area contributed by atoms with Gasteiger partial charge in [0.1, 0.15) is 5.75 Å². The molecule has 200 valence electrons. The van der Waals surface area contributed by atoms with Crippen molar-refractivity contribution in [3.8, 4) is 5.75 Å². The number of carbonyl (C=O) groups is 3. The topological polar surface area (TPSA) is 132 Å². The molecule has 3 rings (SSSR count). The Kier molecular flexibility index (Phi) is 9.11. The lowest BCUT2D eigenvalue weighted by molar-refractivity contribution is -0.158. The highest BCUT2D eigenvalue weighted by molar-refractivity contribution is 7.92. The Hall–Kier alpha value is -3.64. The van der Waals surface area contributed by atoms with Gasteiger partial charge in [-0.25, -0.2) is 13.2 Å². The van der Waals surface area contributed by atoms with Crippen molar-refractivity contribution < 1.29 is 37.0 Å². The van der Waals surface area contributed by atoms with Crippen molar-refractivity contribution in [2.24, 2.45) is 0 Å². The molecule has 1 N–H and O–H groups in total. The Labute approximate surface area is 216 Å². The second-order valence-corrected chi connectivity index (χ2v) is 10.6. The van der Waals surface area contributed by atoms with Crippen molar-refractivity contribution in [1.82, 2.24) is 4.90 Å². The number of ether oxygens (including phenoxy) is 3. The predicted octanol–water partition coefficient (Wildman–Crippen LogP) is 2.03. The molecule has 1 aliphatic heterocycles. The summed E-state index contributed by atoms with van der Waals surface area (Å²) in [5.74, 6) is -0.926. The van der Waals surface area contributed by atoms with Crippen molar-refractivity contribution in [2.75, 3.05) is 43.0 Å². The van der Waals surface area contributed by atoms with Gasteiger partial charge in [-0.3, -0.25) is 13.9 Å². The third-order valence-electron chi connectivity index (χ3n) is 5.52. The monoisotopic (exact) mass is 533 g/mol. The molecule has 0 spiro atoms. The first-order valence-electron chi connectivity index (χ1n) is 11.6. The van der Waals surface area contributed by atoms with E-state index in [0.29, 0.717) is 30.2 Å². The first-order valence-corrected chi connectivity index (χ1v) is 13.1. The molecule has 1 saturated heterocycles. The quantitative estimate of drug-likeness (QED) is 0.485. The average Bonchev–Trinajstić information content (AvgIpc) is 2.85. The van der Waals surface area contributed by atoms with Crippen LogP contribution in [-0.4, -0.2) is 76.7 Å². The van der Waals surface area contributed by atoms with Gasteiger partial charge in [0, 0.05) is 32.7 Å². The van der Waals surface area contributed by atoms with Crippen LogP contribution in [0.1, 0.15) is 20.8 Å². The number of esters is 1. The molecular formula is C25H31N3O8S. The molecule has 37 heavy (non-hydrogen) atoms. The Morgan fingerprint density at radius 3 is 2.16 bits per heavy atom. The van der Waals surface area contributed by atoms with Gasteiger partial charge >= 0.3 is 5.97 Å². The van der Waals surface area contributed by atoms with E-state index in [1.807, 2.05) is 13.8 Å². The first-order chi connectivity index (χ1) is 17.5. The number of hydrogen-bond acceptors (Lipinski definition) is 8. The third-order valence-corrected chi connectivity index (χ3v) is 7.32. The van der Waals surface area contributed by atoms with E-state index in [1.54, 1.807) is 4.90 Å². The van der Waals surface area contributed by atoms with Gasteiger partial charge in [-0.1, -0.05) is 0 Å². The minimum atomic E-state index is -3.85. The lowest BCUT2D eigenvalue weighted by Gasteiger charge is -2.35. The number of benzene rings is 2. The second kappa shape index (κ2) is 12.1. The molecule has 2 aromatic rings. The van der Waals surface area contributed by atoms with Gasteiger partial charge in [0.15, 0.2) is 13.2 Å². The van der Waals surface area contributed by atoms with Crippen LogP contribution in [0.5, 0.6) is 5.75 Å². The van der Waals surface area contributed by atoms with E-state index >= 15 is 0 Å². The van der Waals surface area contributed by atoms with E-state index in [0.717, 1.165) is 4.31 Å². The molecule has 0 aromatic heterocycles. The fraction of sp³-hybridized carbons (Fsp3) is 0.400. The SMILES string of the molecule is CC(=O)Nc1ccc(S(=O)(=O)N(C)c2ccc(OCC(=O)OCC(=O)N3C[C@@H](C)O[C@@H](C)C3)cc2)cc1. The van der Waals surface area contributed by atoms with E-state index in [-0.39, 0.29) is 35.5 Å². The molecular weight excluding hydrogens is 502 g/mol. The standard InChI is InChI=1S/C25H31N3O8S/c1-17-13-28(14-18(2)36-17)24(30)15-35-25(31)16-34-22-9-7-21(8-10-22)27(4)37(32,33)23-11-5-20(6-12-23)26-19(3)29/h5-12,17-18H,13-16H2,1-4H3,(H,26,29)/t17-,18+. The van der Waals surface area contributed by atoms with Gasteiger partial charge in [-0.2, -0.15) is 0 Å². The van der Waals surface area contributed by atoms with Gasteiger partial charge in [0.2, 0.25) is 5.91 Å². The average molecular weight is 534 g/mol. The largest absolute Gasteiger partial charge is 0.482 e. The number of nitrogens with one attached hydrogen (secondary N) is 1. The summed E-state index contributed by atoms with van der Waals surface area (Å²) in [4.78, 5) is 37.1. The first kappa shape index (κ1) is 27.9. The van der Waals surface area contributed by atoms with Crippen molar-refractivity contribution in [3.63, 3.8) is 0 Å². The minimum absolute atomic E-state index is 0.0581. The number of anilines is 2. The molecule has 1 fully saturated rings. The van der Waals surface area contributed by atoms with Gasteiger partial charge < -0.3 is 24.4 Å². The Bertz CT molecular complexity index is 1210. The summed E-state index contributed by atoms with van der Waals surface area (Å²) in [6, 6.07) is 12.0. The minimum Gasteiger partial charge on any atom is -0.482 e. The fourth-order valence-corrected chi connectivity index (χ4v) is 4.96. The zero-order valence-electron chi connectivity index (χ0n) is 21.2. The van der Waals surface area contributed by atoms with Crippen molar-refractivity contribution in [2.45, 2.75) is 37.9 Å². The molecule has 0 aliphatic carbocycles. The summed E-state index contributed by atoms with van der Waals surface area (Å²) in [5, 5.41) is 2.58. The summed E-state index contributed by atoms with van der Waals surface area (Å²) in [6.45, 7) is 5.21. The van der Waals surface area contributed by atoms with Crippen LogP contribution >= 0.6 is 0 Å². The predicted molar refractivity (Wildman–Crippen MR) is 136 cm³/mol. The number of rotatable bonds is 9. The molecule has 1 aliphatic rings. The van der Waals surface area contributed by atoms with E-state index < -0.39 is 22.6 Å². The molecule has 11 nitrogen and oxygen atoms in total. The number of nitrogens with zero attached hydrogens (tertiary/aromatic N) is 2. The van der Waals surface area contributed by atoms with E-state index in [1.165, 1.54) is 62.5 Å². The zero-order chi connectivity index (χ0) is 27.2. The number of hydrogen-bond donors (Lipinski definition) is 1. The van der Waals surface area contributed by atoms with Crippen LogP contribution < -0.4 is 14.4 Å². The number of sulfonamides is 1. The van der Waals surface area contributed by atoms with Crippen molar-refractivity contribution in [3.05, 3.63) is 48.5 Å². The molecule has 0 bridgehead atoms. The lowest BCUT2D eigenvalue weighted by atomic mass is 10.2. The molecule has 2 atom stereocenters.